The van der Waals surface area contributed by atoms with Gasteiger partial charge in [-0.25, -0.2) is 0 Å². The number of ketones is 1. The minimum Gasteiger partial charge on any atom is -0.507 e. The maximum atomic E-state index is 13.4. The Morgan fingerprint density at radius 3 is 2.55 bits per heavy atom. The maximum absolute atomic E-state index is 13.4. The fourth-order valence-corrected chi connectivity index (χ4v) is 6.47. The number of benzene rings is 2. The van der Waals surface area contributed by atoms with Crippen molar-refractivity contribution in [2.24, 2.45) is 0 Å². The standard InChI is InChI=1S/C28H20Cl2N4O4S2/c1-2-13-38-20-7-4-16(5-8-20)23-22(24(35)17-9-11-31-12-10-17)25(36)26(37)34(23)27-32-33-28(40-27)39-15-18-3-6-19(29)14-21(18)30/h2-12,14,23,35H,1,13,15H2/b24-22+. The van der Waals surface area contributed by atoms with Crippen LogP contribution in [-0.4, -0.2) is 38.6 Å². The van der Waals surface area contributed by atoms with E-state index < -0.39 is 17.7 Å². The summed E-state index contributed by atoms with van der Waals surface area (Å²) in [6.07, 6.45) is 4.61. The number of hydrogen-bond acceptors (Lipinski definition) is 9. The van der Waals surface area contributed by atoms with Crippen molar-refractivity contribution in [2.75, 3.05) is 11.5 Å². The first-order valence-electron chi connectivity index (χ1n) is 11.8. The van der Waals surface area contributed by atoms with Crippen LogP contribution in [0.15, 0.2) is 89.6 Å². The molecule has 5 rings (SSSR count). The van der Waals surface area contributed by atoms with Crippen LogP contribution in [0.3, 0.4) is 0 Å². The van der Waals surface area contributed by atoms with Crippen LogP contribution in [0.5, 0.6) is 5.75 Å². The summed E-state index contributed by atoms with van der Waals surface area (Å²) in [5.74, 6) is -0.868. The van der Waals surface area contributed by atoms with E-state index in [1.807, 2.05) is 6.07 Å². The molecular formula is C28H20Cl2N4O4S2. The van der Waals surface area contributed by atoms with Crippen LogP contribution in [0.2, 0.25) is 10.0 Å². The normalized spacial score (nSPS) is 16.4. The highest BCUT2D eigenvalue weighted by Gasteiger charge is 2.48. The van der Waals surface area contributed by atoms with Crippen molar-refractivity contribution in [1.29, 1.82) is 0 Å². The van der Waals surface area contributed by atoms with E-state index in [2.05, 4.69) is 21.8 Å². The first-order chi connectivity index (χ1) is 19.4. The number of rotatable bonds is 9. The maximum Gasteiger partial charge on any atom is 0.301 e. The summed E-state index contributed by atoms with van der Waals surface area (Å²) >= 11 is 14.8. The molecule has 1 N–H and O–H groups in total. The smallest absolute Gasteiger partial charge is 0.301 e. The Balaban J connectivity index is 1.51. The zero-order valence-corrected chi connectivity index (χ0v) is 23.8. The highest BCUT2D eigenvalue weighted by atomic mass is 35.5. The summed E-state index contributed by atoms with van der Waals surface area (Å²) in [6.45, 7) is 3.97. The Kier molecular flexibility index (Phi) is 8.51. The number of carbonyl (C=O) groups is 2. The van der Waals surface area contributed by atoms with E-state index in [9.17, 15) is 14.7 Å². The molecule has 1 saturated heterocycles. The third kappa shape index (κ3) is 5.75. The SMILES string of the molecule is C=CCOc1ccc(C2/C(=C(\O)c3ccncc3)C(=O)C(=O)N2c2nnc(SCc3ccc(Cl)cc3Cl)s2)cc1. The first kappa shape index (κ1) is 27.9. The molecule has 1 unspecified atom stereocenters. The third-order valence-corrected chi connectivity index (χ3v) is 8.62. The molecule has 1 fully saturated rings. The molecule has 2 aromatic heterocycles. The lowest BCUT2D eigenvalue weighted by molar-refractivity contribution is -0.132. The van der Waals surface area contributed by atoms with Crippen molar-refractivity contribution in [3.05, 3.63) is 112 Å². The van der Waals surface area contributed by atoms with Crippen molar-refractivity contribution >= 4 is 68.9 Å². The number of pyridine rings is 1. The Labute approximate surface area is 247 Å². The predicted octanol–water partition coefficient (Wildman–Crippen LogP) is 6.72. The van der Waals surface area contributed by atoms with Gasteiger partial charge in [0.2, 0.25) is 5.13 Å². The number of anilines is 1. The number of thioether (sulfide) groups is 1. The van der Waals surface area contributed by atoms with Gasteiger partial charge in [-0.3, -0.25) is 19.5 Å². The number of Topliss-reactive ketones (excluding diaryl/α,β-unsaturated/α-hetero) is 1. The second kappa shape index (κ2) is 12.2. The Bertz CT molecular complexity index is 1610. The second-order valence-electron chi connectivity index (χ2n) is 8.45. The zero-order chi connectivity index (χ0) is 28.2. The summed E-state index contributed by atoms with van der Waals surface area (Å²) < 4.78 is 6.15. The summed E-state index contributed by atoms with van der Waals surface area (Å²) in [4.78, 5) is 32.0. The number of hydrogen-bond donors (Lipinski definition) is 1. The van der Waals surface area contributed by atoms with E-state index in [-0.39, 0.29) is 16.5 Å². The molecule has 2 aromatic carbocycles. The number of aliphatic hydroxyl groups excluding tert-OH is 1. The largest absolute Gasteiger partial charge is 0.507 e. The fraction of sp³-hybridized carbons (Fsp3) is 0.107. The van der Waals surface area contributed by atoms with Gasteiger partial charge in [0.05, 0.1) is 11.6 Å². The van der Waals surface area contributed by atoms with Crippen LogP contribution < -0.4 is 9.64 Å². The van der Waals surface area contributed by atoms with Gasteiger partial charge in [-0.05, 0) is 47.5 Å². The van der Waals surface area contributed by atoms with Crippen LogP contribution in [-0.2, 0) is 15.3 Å². The average Bonchev–Trinajstić information content (AvgIpc) is 3.53. The molecule has 202 valence electrons. The van der Waals surface area contributed by atoms with Gasteiger partial charge in [0.15, 0.2) is 4.34 Å². The zero-order valence-electron chi connectivity index (χ0n) is 20.7. The van der Waals surface area contributed by atoms with Gasteiger partial charge < -0.3 is 9.84 Å². The van der Waals surface area contributed by atoms with Crippen LogP contribution in [0, 0.1) is 0 Å². The fourth-order valence-electron chi connectivity index (χ4n) is 4.05. The summed E-state index contributed by atoms with van der Waals surface area (Å²) in [5, 5.41) is 20.9. The molecule has 0 radical (unpaired) electrons. The predicted molar refractivity (Wildman–Crippen MR) is 157 cm³/mol. The lowest BCUT2D eigenvalue weighted by Crippen LogP contribution is -2.29. The van der Waals surface area contributed by atoms with Crippen LogP contribution in [0.25, 0.3) is 5.76 Å². The summed E-state index contributed by atoms with van der Waals surface area (Å²) in [6, 6.07) is 14.4. The molecule has 40 heavy (non-hydrogen) atoms. The van der Waals surface area contributed by atoms with Gasteiger partial charge in [-0.2, -0.15) is 0 Å². The van der Waals surface area contributed by atoms with E-state index in [1.54, 1.807) is 54.6 Å². The number of nitrogens with zero attached hydrogens (tertiary/aromatic N) is 4. The van der Waals surface area contributed by atoms with E-state index in [1.165, 1.54) is 29.1 Å². The van der Waals surface area contributed by atoms with Gasteiger partial charge in [0.1, 0.15) is 18.1 Å². The van der Waals surface area contributed by atoms with Crippen molar-refractivity contribution in [3.8, 4) is 5.75 Å². The van der Waals surface area contributed by atoms with Crippen molar-refractivity contribution in [2.45, 2.75) is 16.1 Å². The second-order valence-corrected chi connectivity index (χ2v) is 11.5. The van der Waals surface area contributed by atoms with Crippen molar-refractivity contribution < 1.29 is 19.4 Å². The summed E-state index contributed by atoms with van der Waals surface area (Å²) in [5.41, 5.74) is 1.74. The van der Waals surface area contributed by atoms with Crippen LogP contribution in [0.4, 0.5) is 5.13 Å². The van der Waals surface area contributed by atoms with Crippen molar-refractivity contribution in [3.63, 3.8) is 0 Å². The van der Waals surface area contributed by atoms with Gasteiger partial charge >= 0.3 is 5.91 Å². The number of ether oxygens (including phenoxy) is 1. The minimum atomic E-state index is -0.946. The topological polar surface area (TPSA) is 106 Å². The van der Waals surface area contributed by atoms with E-state index in [4.69, 9.17) is 27.9 Å². The average molecular weight is 612 g/mol. The van der Waals surface area contributed by atoms with Gasteiger partial charge in [0.25, 0.3) is 5.78 Å². The quantitative estimate of drug-likeness (QED) is 0.0555. The monoisotopic (exact) mass is 610 g/mol. The lowest BCUT2D eigenvalue weighted by atomic mass is 9.95. The number of aliphatic hydroxyl groups is 1. The van der Waals surface area contributed by atoms with Gasteiger partial charge in [-0.1, -0.05) is 77.2 Å². The molecule has 1 atom stereocenters. The number of aromatic nitrogens is 3. The van der Waals surface area contributed by atoms with Gasteiger partial charge in [0, 0.05) is 33.8 Å². The molecule has 3 heterocycles. The molecular weight excluding hydrogens is 591 g/mol. The number of halogens is 2. The lowest BCUT2D eigenvalue weighted by Gasteiger charge is -2.22. The third-order valence-electron chi connectivity index (χ3n) is 5.93. The Hall–Kier alpha value is -3.70. The molecule has 4 aromatic rings. The molecule has 12 heteroatoms. The molecule has 8 nitrogen and oxygen atoms in total. The highest BCUT2D eigenvalue weighted by Crippen LogP contribution is 2.44. The van der Waals surface area contributed by atoms with E-state index in [0.717, 1.165) is 16.9 Å². The molecule has 0 saturated carbocycles. The number of amides is 1. The van der Waals surface area contributed by atoms with Crippen molar-refractivity contribution in [1.82, 2.24) is 15.2 Å². The van der Waals surface area contributed by atoms with E-state index in [0.29, 0.717) is 43.6 Å². The minimum absolute atomic E-state index is 0.0618. The van der Waals surface area contributed by atoms with Gasteiger partial charge in [-0.15, -0.1) is 10.2 Å². The molecule has 0 spiro atoms. The number of carbonyl (C=O) groups excluding carboxylic acids is 2. The van der Waals surface area contributed by atoms with Crippen LogP contribution in [0.1, 0.15) is 22.7 Å². The molecule has 1 aliphatic rings. The Morgan fingerprint density at radius 2 is 1.85 bits per heavy atom. The first-order valence-corrected chi connectivity index (χ1v) is 14.4. The van der Waals surface area contributed by atoms with Crippen LogP contribution >= 0.6 is 46.3 Å². The molecule has 0 aliphatic carbocycles. The molecule has 1 amide bonds. The molecule has 0 bridgehead atoms. The summed E-state index contributed by atoms with van der Waals surface area (Å²) in [7, 11) is 0. The van der Waals surface area contributed by atoms with E-state index >= 15 is 0 Å². The Morgan fingerprint density at radius 1 is 1.10 bits per heavy atom. The molecule has 1 aliphatic heterocycles. The highest BCUT2D eigenvalue weighted by molar-refractivity contribution is 8.00.